The average Bonchev–Trinajstić information content (AvgIpc) is 1.82. The Hall–Kier alpha value is -0.610. The van der Waals surface area contributed by atoms with E-state index in [0.717, 1.165) is 0 Å². The Morgan fingerprint density at radius 1 is 1.67 bits per heavy atom. The molecule has 0 aliphatic carbocycles. The van der Waals surface area contributed by atoms with Crippen molar-refractivity contribution >= 4 is 5.97 Å². The second-order valence-corrected chi connectivity index (χ2v) is 1.78. The maximum absolute atomic E-state index is 9.91. The van der Waals surface area contributed by atoms with E-state index in [-0.39, 0.29) is 6.42 Å². The molecule has 0 aliphatic heterocycles. The summed E-state index contributed by atoms with van der Waals surface area (Å²) in [6.07, 6.45) is -0.451. The summed E-state index contributed by atoms with van der Waals surface area (Å²) in [4.78, 5) is 9.91. The van der Waals surface area contributed by atoms with E-state index in [0.29, 0.717) is 13.0 Å². The third kappa shape index (κ3) is 3.93. The third-order valence-electron chi connectivity index (χ3n) is 0.967. The van der Waals surface area contributed by atoms with Crippen LogP contribution in [-0.2, 0) is 4.79 Å². The Morgan fingerprint density at radius 2 is 2.22 bits per heavy atom. The first-order chi connectivity index (χ1) is 4.18. The number of carbonyl (C=O) groups is 1. The minimum Gasteiger partial charge on any atom is -0.479 e. The lowest BCUT2D eigenvalue weighted by atomic mass is 10.2. The predicted octanol–water partition coefficient (Wildman–Crippen LogP) is -0.829. The number of rotatable bonds is 4. The van der Waals surface area contributed by atoms with E-state index in [9.17, 15) is 4.79 Å². The highest BCUT2D eigenvalue weighted by Gasteiger charge is 2.10. The van der Waals surface area contributed by atoms with Crippen LogP contribution in [0.3, 0.4) is 0 Å². The number of aliphatic hydroxyl groups is 1. The molecule has 0 rings (SSSR count). The SMILES string of the molecule is NCCC[C@@H](O)C(=O)O. The van der Waals surface area contributed by atoms with E-state index in [1.807, 2.05) is 0 Å². The van der Waals surface area contributed by atoms with Crippen LogP contribution >= 0.6 is 0 Å². The molecule has 4 heteroatoms. The summed E-state index contributed by atoms with van der Waals surface area (Å²) in [5.41, 5.74) is 5.07. The molecule has 0 spiro atoms. The van der Waals surface area contributed by atoms with Gasteiger partial charge in [-0.2, -0.15) is 0 Å². The molecule has 4 N–H and O–H groups in total. The van der Waals surface area contributed by atoms with Gasteiger partial charge in [-0.1, -0.05) is 0 Å². The van der Waals surface area contributed by atoms with E-state index >= 15 is 0 Å². The van der Waals surface area contributed by atoms with Crippen LogP contribution < -0.4 is 5.73 Å². The van der Waals surface area contributed by atoms with Gasteiger partial charge in [0, 0.05) is 0 Å². The number of nitrogens with two attached hydrogens (primary N) is 1. The van der Waals surface area contributed by atoms with E-state index in [1.165, 1.54) is 0 Å². The number of hydrogen-bond donors (Lipinski definition) is 3. The molecular weight excluding hydrogens is 122 g/mol. The summed E-state index contributed by atoms with van der Waals surface area (Å²) in [6, 6.07) is 0. The molecule has 0 saturated heterocycles. The largest absolute Gasteiger partial charge is 0.479 e. The van der Waals surface area contributed by atoms with Gasteiger partial charge in [0.2, 0.25) is 0 Å². The first kappa shape index (κ1) is 8.39. The molecule has 0 saturated carbocycles. The lowest BCUT2D eigenvalue weighted by Crippen LogP contribution is -2.20. The van der Waals surface area contributed by atoms with E-state index in [1.54, 1.807) is 0 Å². The molecule has 0 amide bonds. The summed E-state index contributed by atoms with van der Waals surface area (Å²) >= 11 is 0. The molecule has 9 heavy (non-hydrogen) atoms. The first-order valence-corrected chi connectivity index (χ1v) is 2.79. The highest BCUT2D eigenvalue weighted by atomic mass is 16.4. The standard InChI is InChI=1S/C5H11NO3/c6-3-1-2-4(7)5(8)9/h4,7H,1-3,6H2,(H,8,9)/t4-/m1/s1. The highest BCUT2D eigenvalue weighted by Crippen LogP contribution is 1.93. The van der Waals surface area contributed by atoms with Crippen molar-refractivity contribution in [2.75, 3.05) is 6.54 Å². The van der Waals surface area contributed by atoms with Gasteiger partial charge < -0.3 is 15.9 Å². The van der Waals surface area contributed by atoms with Gasteiger partial charge in [-0.05, 0) is 19.4 Å². The second-order valence-electron chi connectivity index (χ2n) is 1.78. The van der Waals surface area contributed by atoms with Gasteiger partial charge >= 0.3 is 5.97 Å². The molecule has 0 aliphatic rings. The third-order valence-corrected chi connectivity index (χ3v) is 0.967. The topological polar surface area (TPSA) is 83.5 Å². The number of carboxylic acid groups (broad SMARTS) is 1. The van der Waals surface area contributed by atoms with Gasteiger partial charge in [-0.15, -0.1) is 0 Å². The summed E-state index contributed by atoms with van der Waals surface area (Å²) in [5.74, 6) is -1.18. The van der Waals surface area contributed by atoms with Crippen LogP contribution in [0.5, 0.6) is 0 Å². The number of hydrogen-bond acceptors (Lipinski definition) is 3. The Bertz CT molecular complexity index is 94.2. The van der Waals surface area contributed by atoms with Crippen molar-refractivity contribution in [3.8, 4) is 0 Å². The Kier molecular flexibility index (Phi) is 4.00. The van der Waals surface area contributed by atoms with Crippen LogP contribution in [0.15, 0.2) is 0 Å². The smallest absolute Gasteiger partial charge is 0.332 e. The minimum atomic E-state index is -1.24. The van der Waals surface area contributed by atoms with E-state index in [4.69, 9.17) is 15.9 Å². The number of carboxylic acids is 1. The summed E-state index contributed by atoms with van der Waals surface area (Å²) in [6.45, 7) is 0.421. The lowest BCUT2D eigenvalue weighted by molar-refractivity contribution is -0.146. The normalized spacial score (nSPS) is 13.1. The van der Waals surface area contributed by atoms with Gasteiger partial charge in [0.1, 0.15) is 0 Å². The van der Waals surface area contributed by atoms with Crippen LogP contribution in [0.25, 0.3) is 0 Å². The predicted molar refractivity (Wildman–Crippen MR) is 31.9 cm³/mol. The molecule has 0 aromatic heterocycles. The average molecular weight is 133 g/mol. The maximum Gasteiger partial charge on any atom is 0.332 e. The first-order valence-electron chi connectivity index (χ1n) is 2.79. The zero-order valence-corrected chi connectivity index (χ0v) is 5.08. The van der Waals surface area contributed by atoms with Gasteiger partial charge in [-0.25, -0.2) is 4.79 Å². The Morgan fingerprint density at radius 3 is 2.56 bits per heavy atom. The Balaban J connectivity index is 3.27. The van der Waals surface area contributed by atoms with Crippen LogP contribution in [0, 0.1) is 0 Å². The van der Waals surface area contributed by atoms with Crippen molar-refractivity contribution in [2.24, 2.45) is 5.73 Å². The molecule has 0 fully saturated rings. The number of aliphatic hydroxyl groups excluding tert-OH is 1. The van der Waals surface area contributed by atoms with Crippen LogP contribution in [0.2, 0.25) is 0 Å². The van der Waals surface area contributed by atoms with Crippen LogP contribution in [-0.4, -0.2) is 28.8 Å². The fourth-order valence-corrected chi connectivity index (χ4v) is 0.435. The fraction of sp³-hybridized carbons (Fsp3) is 0.800. The summed E-state index contributed by atoms with van der Waals surface area (Å²) in [7, 11) is 0. The Labute approximate surface area is 53.3 Å². The second kappa shape index (κ2) is 4.29. The zero-order valence-electron chi connectivity index (χ0n) is 5.08. The number of aliphatic carboxylic acids is 1. The maximum atomic E-state index is 9.91. The molecule has 0 radical (unpaired) electrons. The molecule has 0 bridgehead atoms. The van der Waals surface area contributed by atoms with Gasteiger partial charge in [-0.3, -0.25) is 0 Å². The zero-order chi connectivity index (χ0) is 7.28. The summed E-state index contributed by atoms with van der Waals surface area (Å²) in [5, 5.41) is 16.7. The molecule has 4 nitrogen and oxygen atoms in total. The molecule has 1 atom stereocenters. The van der Waals surface area contributed by atoms with Crippen molar-refractivity contribution in [1.82, 2.24) is 0 Å². The molecule has 0 aromatic rings. The minimum absolute atomic E-state index is 0.242. The van der Waals surface area contributed by atoms with Crippen molar-refractivity contribution in [3.05, 3.63) is 0 Å². The van der Waals surface area contributed by atoms with Crippen LogP contribution in [0.4, 0.5) is 0 Å². The van der Waals surface area contributed by atoms with Crippen LogP contribution in [0.1, 0.15) is 12.8 Å². The molecule has 0 aromatic carbocycles. The monoisotopic (exact) mass is 133 g/mol. The van der Waals surface area contributed by atoms with Crippen molar-refractivity contribution in [1.29, 1.82) is 0 Å². The van der Waals surface area contributed by atoms with Crippen molar-refractivity contribution in [2.45, 2.75) is 18.9 Å². The molecule has 54 valence electrons. The molecular formula is C5H11NO3. The molecule has 0 heterocycles. The fourth-order valence-electron chi connectivity index (χ4n) is 0.435. The lowest BCUT2D eigenvalue weighted by Gasteiger charge is -2.01. The van der Waals surface area contributed by atoms with E-state index in [2.05, 4.69) is 0 Å². The summed E-state index contributed by atoms with van der Waals surface area (Å²) < 4.78 is 0. The van der Waals surface area contributed by atoms with Gasteiger partial charge in [0.25, 0.3) is 0 Å². The quantitative estimate of drug-likeness (QED) is 0.467. The van der Waals surface area contributed by atoms with E-state index < -0.39 is 12.1 Å². The molecule has 0 unspecified atom stereocenters. The van der Waals surface area contributed by atoms with Crippen molar-refractivity contribution in [3.63, 3.8) is 0 Å². The van der Waals surface area contributed by atoms with Gasteiger partial charge in [0.05, 0.1) is 0 Å². The highest BCUT2D eigenvalue weighted by molar-refractivity contribution is 5.71. The van der Waals surface area contributed by atoms with Crippen molar-refractivity contribution < 1.29 is 15.0 Å². The van der Waals surface area contributed by atoms with Gasteiger partial charge in [0.15, 0.2) is 6.10 Å².